The number of carbonyl (C=O) groups excluding carboxylic acids is 1. The second kappa shape index (κ2) is 10.9. The SMILES string of the molecule is CCN(CC)S(=O)(=O)c1ccc(=O)n(CC(=O)Nc2cccnc2OCCOC)c1. The molecule has 164 valence electrons. The summed E-state index contributed by atoms with van der Waals surface area (Å²) >= 11 is 0. The summed E-state index contributed by atoms with van der Waals surface area (Å²) in [4.78, 5) is 28.7. The molecule has 10 nitrogen and oxygen atoms in total. The van der Waals surface area contributed by atoms with Gasteiger partial charge in [-0.15, -0.1) is 0 Å². The number of hydrogen-bond donors (Lipinski definition) is 1. The molecule has 0 fully saturated rings. The number of pyridine rings is 2. The van der Waals surface area contributed by atoms with Gasteiger partial charge in [0.05, 0.1) is 11.5 Å². The number of carbonyl (C=O) groups is 1. The Kier molecular flexibility index (Phi) is 8.51. The zero-order valence-corrected chi connectivity index (χ0v) is 18.0. The van der Waals surface area contributed by atoms with Crippen LogP contribution in [0, 0.1) is 0 Å². The number of nitrogens with one attached hydrogen (secondary N) is 1. The third-order valence-corrected chi connectivity index (χ3v) is 6.22. The summed E-state index contributed by atoms with van der Waals surface area (Å²) in [7, 11) is -2.22. The number of methoxy groups -OCH3 is 1. The van der Waals surface area contributed by atoms with Crippen LogP contribution >= 0.6 is 0 Å². The van der Waals surface area contributed by atoms with Crippen molar-refractivity contribution in [2.75, 3.05) is 38.7 Å². The Balaban J connectivity index is 2.19. The van der Waals surface area contributed by atoms with Crippen molar-refractivity contribution in [3.05, 3.63) is 47.0 Å². The van der Waals surface area contributed by atoms with Crippen molar-refractivity contribution in [2.24, 2.45) is 0 Å². The van der Waals surface area contributed by atoms with E-state index < -0.39 is 21.5 Å². The van der Waals surface area contributed by atoms with Crippen molar-refractivity contribution in [1.82, 2.24) is 13.9 Å². The highest BCUT2D eigenvalue weighted by atomic mass is 32.2. The van der Waals surface area contributed by atoms with Gasteiger partial charge >= 0.3 is 0 Å². The maximum atomic E-state index is 12.7. The third kappa shape index (κ3) is 5.88. The number of sulfonamides is 1. The van der Waals surface area contributed by atoms with Gasteiger partial charge in [0.15, 0.2) is 0 Å². The molecular weight excluding hydrogens is 412 g/mol. The van der Waals surface area contributed by atoms with Crippen LogP contribution in [0.2, 0.25) is 0 Å². The number of rotatable bonds is 11. The zero-order chi connectivity index (χ0) is 22.1. The smallest absolute Gasteiger partial charge is 0.251 e. The molecule has 0 unspecified atom stereocenters. The van der Waals surface area contributed by atoms with Crippen molar-refractivity contribution >= 4 is 21.6 Å². The van der Waals surface area contributed by atoms with E-state index in [4.69, 9.17) is 9.47 Å². The minimum atomic E-state index is -3.75. The zero-order valence-electron chi connectivity index (χ0n) is 17.2. The first-order valence-electron chi connectivity index (χ1n) is 9.40. The van der Waals surface area contributed by atoms with Crippen molar-refractivity contribution in [2.45, 2.75) is 25.3 Å². The molecule has 0 saturated carbocycles. The van der Waals surface area contributed by atoms with E-state index in [0.29, 0.717) is 25.4 Å². The molecule has 2 rings (SSSR count). The fourth-order valence-corrected chi connectivity index (χ4v) is 4.14. The minimum Gasteiger partial charge on any atom is -0.474 e. The highest BCUT2D eigenvalue weighted by molar-refractivity contribution is 7.89. The summed E-state index contributed by atoms with van der Waals surface area (Å²) < 4.78 is 38.1. The minimum absolute atomic E-state index is 0.0523. The van der Waals surface area contributed by atoms with Crippen LogP contribution in [-0.4, -0.2) is 61.6 Å². The van der Waals surface area contributed by atoms with Crippen molar-refractivity contribution in [3.8, 4) is 5.88 Å². The van der Waals surface area contributed by atoms with Gasteiger partial charge in [-0.2, -0.15) is 4.31 Å². The Hall–Kier alpha value is -2.76. The van der Waals surface area contributed by atoms with E-state index in [9.17, 15) is 18.0 Å². The number of hydrogen-bond acceptors (Lipinski definition) is 7. The van der Waals surface area contributed by atoms with Crippen molar-refractivity contribution in [3.63, 3.8) is 0 Å². The van der Waals surface area contributed by atoms with Gasteiger partial charge in [-0.1, -0.05) is 13.8 Å². The fraction of sp³-hybridized carbons (Fsp3) is 0.421. The van der Waals surface area contributed by atoms with Gasteiger partial charge in [0, 0.05) is 38.7 Å². The number of aromatic nitrogens is 2. The van der Waals surface area contributed by atoms with Crippen LogP contribution in [-0.2, 0) is 26.1 Å². The molecule has 30 heavy (non-hydrogen) atoms. The van der Waals surface area contributed by atoms with Crippen LogP contribution in [0.3, 0.4) is 0 Å². The molecule has 11 heteroatoms. The molecule has 1 amide bonds. The molecule has 0 aromatic carbocycles. The number of ether oxygens (including phenoxy) is 2. The van der Waals surface area contributed by atoms with E-state index in [1.54, 1.807) is 26.0 Å². The van der Waals surface area contributed by atoms with Crippen LogP contribution < -0.4 is 15.6 Å². The third-order valence-electron chi connectivity index (χ3n) is 4.18. The van der Waals surface area contributed by atoms with Crippen molar-refractivity contribution in [1.29, 1.82) is 0 Å². The average molecular weight is 439 g/mol. The Labute approximate surface area is 175 Å². The average Bonchev–Trinajstić information content (AvgIpc) is 2.71. The van der Waals surface area contributed by atoms with Gasteiger partial charge in [-0.05, 0) is 18.2 Å². The Morgan fingerprint density at radius 2 is 1.93 bits per heavy atom. The number of anilines is 1. The Morgan fingerprint density at radius 3 is 2.60 bits per heavy atom. The molecule has 0 spiro atoms. The second-order valence-electron chi connectivity index (χ2n) is 6.17. The van der Waals surface area contributed by atoms with E-state index in [2.05, 4.69) is 10.3 Å². The van der Waals surface area contributed by atoms with E-state index in [1.165, 1.54) is 29.9 Å². The van der Waals surface area contributed by atoms with Gasteiger partial charge in [0.25, 0.3) is 5.56 Å². The van der Waals surface area contributed by atoms with Crippen LogP contribution in [0.5, 0.6) is 5.88 Å². The van der Waals surface area contributed by atoms with Gasteiger partial charge in [0.2, 0.25) is 21.8 Å². The van der Waals surface area contributed by atoms with Crippen molar-refractivity contribution < 1.29 is 22.7 Å². The highest BCUT2D eigenvalue weighted by Gasteiger charge is 2.22. The highest BCUT2D eigenvalue weighted by Crippen LogP contribution is 2.20. The number of amides is 1. The summed E-state index contributed by atoms with van der Waals surface area (Å²) in [6.07, 6.45) is 2.69. The molecule has 0 aliphatic rings. The predicted octanol–water partition coefficient (Wildman–Crippen LogP) is 0.938. The van der Waals surface area contributed by atoms with Crippen LogP contribution in [0.25, 0.3) is 0 Å². The number of nitrogens with zero attached hydrogens (tertiary/aromatic N) is 3. The standard InChI is InChI=1S/C19H26N4O6S/c1-4-23(5-2)30(26,27)15-8-9-18(25)22(13-15)14-17(24)21-16-7-6-10-20-19(16)29-12-11-28-3/h6-10,13H,4-5,11-12,14H2,1-3H3,(H,21,24). The first kappa shape index (κ1) is 23.5. The van der Waals surface area contributed by atoms with Gasteiger partial charge < -0.3 is 19.4 Å². The first-order valence-corrected chi connectivity index (χ1v) is 10.8. The quantitative estimate of drug-likeness (QED) is 0.518. The fourth-order valence-electron chi connectivity index (χ4n) is 2.67. The molecule has 0 radical (unpaired) electrons. The van der Waals surface area contributed by atoms with Crippen LogP contribution in [0.1, 0.15) is 13.8 Å². The lowest BCUT2D eigenvalue weighted by atomic mass is 10.4. The second-order valence-corrected chi connectivity index (χ2v) is 8.10. The Morgan fingerprint density at radius 1 is 1.20 bits per heavy atom. The molecule has 0 bridgehead atoms. The molecule has 0 saturated heterocycles. The largest absolute Gasteiger partial charge is 0.474 e. The van der Waals surface area contributed by atoms with Crippen LogP contribution in [0.15, 0.2) is 46.3 Å². The molecule has 2 aromatic rings. The van der Waals surface area contributed by atoms with Gasteiger partial charge in [-0.25, -0.2) is 13.4 Å². The predicted molar refractivity (Wildman–Crippen MR) is 111 cm³/mol. The maximum absolute atomic E-state index is 12.7. The lowest BCUT2D eigenvalue weighted by Crippen LogP contribution is -2.33. The van der Waals surface area contributed by atoms with E-state index in [1.807, 2.05) is 0 Å². The van der Waals surface area contributed by atoms with E-state index >= 15 is 0 Å². The van der Waals surface area contributed by atoms with E-state index in [-0.39, 0.29) is 23.9 Å². The summed E-state index contributed by atoms with van der Waals surface area (Å²) in [5.74, 6) is -0.313. The molecule has 2 aromatic heterocycles. The van der Waals surface area contributed by atoms with Gasteiger partial charge in [-0.3, -0.25) is 9.59 Å². The molecule has 0 atom stereocenters. The van der Waals surface area contributed by atoms with Gasteiger partial charge in [0.1, 0.15) is 18.8 Å². The normalized spacial score (nSPS) is 11.5. The summed E-state index contributed by atoms with van der Waals surface area (Å²) in [5.41, 5.74) is -0.162. The molecule has 2 heterocycles. The van der Waals surface area contributed by atoms with E-state index in [0.717, 1.165) is 10.6 Å². The lowest BCUT2D eigenvalue weighted by molar-refractivity contribution is -0.116. The van der Waals surface area contributed by atoms with Crippen LogP contribution in [0.4, 0.5) is 5.69 Å². The summed E-state index contributed by atoms with van der Waals surface area (Å²) in [6, 6.07) is 5.61. The maximum Gasteiger partial charge on any atom is 0.251 e. The summed E-state index contributed by atoms with van der Waals surface area (Å²) in [6.45, 7) is 4.28. The summed E-state index contributed by atoms with van der Waals surface area (Å²) in [5, 5.41) is 2.63. The topological polar surface area (TPSA) is 120 Å². The Bertz CT molecular complexity index is 1020. The molecular formula is C19H26N4O6S. The molecule has 0 aliphatic carbocycles. The monoisotopic (exact) mass is 438 g/mol. The lowest BCUT2D eigenvalue weighted by Gasteiger charge is -2.19. The first-order chi connectivity index (χ1) is 14.3. The molecule has 1 N–H and O–H groups in total. The molecule has 0 aliphatic heterocycles.